The van der Waals surface area contributed by atoms with Crippen LogP contribution < -0.4 is 9.47 Å². The second-order valence-electron chi connectivity index (χ2n) is 7.51. The number of ether oxygens (including phenoxy) is 2. The molecule has 1 heterocycles. The summed E-state index contributed by atoms with van der Waals surface area (Å²) in [5.74, 6) is -2.01. The van der Waals surface area contributed by atoms with Crippen molar-refractivity contribution in [2.75, 3.05) is 39.9 Å². The monoisotopic (exact) mass is 444 g/mol. The number of benzene rings is 2. The Bertz CT molecular complexity index is 882. The van der Waals surface area contributed by atoms with Gasteiger partial charge < -0.3 is 19.7 Å². The summed E-state index contributed by atoms with van der Waals surface area (Å²) in [7, 11) is 1.69. The summed E-state index contributed by atoms with van der Waals surface area (Å²) in [5.41, 5.74) is 4.11. The fourth-order valence-corrected chi connectivity index (χ4v) is 3.48. The summed E-state index contributed by atoms with van der Waals surface area (Å²) in [4.78, 5) is 23.3. The maximum atomic E-state index is 9.10. The van der Waals surface area contributed by atoms with Crippen molar-refractivity contribution in [3.05, 3.63) is 59.2 Å². The molecule has 2 N–H and O–H groups in total. The van der Waals surface area contributed by atoms with Gasteiger partial charge in [-0.1, -0.05) is 30.3 Å². The summed E-state index contributed by atoms with van der Waals surface area (Å²) in [6.45, 7) is 11.3. The Balaban J connectivity index is 0.000000534. The van der Waals surface area contributed by atoms with E-state index in [1.54, 1.807) is 7.11 Å². The fourth-order valence-electron chi connectivity index (χ4n) is 3.48. The Kier molecular flexibility index (Phi) is 9.97. The minimum absolute atomic E-state index is 0.650. The van der Waals surface area contributed by atoms with E-state index < -0.39 is 11.9 Å². The van der Waals surface area contributed by atoms with Gasteiger partial charge in [-0.3, -0.25) is 9.80 Å². The van der Waals surface area contributed by atoms with Gasteiger partial charge in [-0.25, -0.2) is 9.59 Å². The van der Waals surface area contributed by atoms with Crippen molar-refractivity contribution in [1.29, 1.82) is 0 Å². The quantitative estimate of drug-likeness (QED) is 0.629. The molecular formula is C24H32N2O6. The molecule has 0 amide bonds. The second-order valence-corrected chi connectivity index (χ2v) is 7.51. The topological polar surface area (TPSA) is 99.5 Å². The van der Waals surface area contributed by atoms with Crippen LogP contribution in [-0.2, 0) is 22.7 Å². The molecule has 0 saturated carbocycles. The van der Waals surface area contributed by atoms with Crippen LogP contribution in [0.1, 0.15) is 23.6 Å². The van der Waals surface area contributed by atoms with Gasteiger partial charge in [-0.15, -0.1) is 0 Å². The molecule has 0 unspecified atom stereocenters. The van der Waals surface area contributed by atoms with Crippen LogP contribution in [0.5, 0.6) is 11.5 Å². The van der Waals surface area contributed by atoms with E-state index in [2.05, 4.69) is 53.1 Å². The van der Waals surface area contributed by atoms with Gasteiger partial charge in [0.05, 0.1) is 13.7 Å². The molecule has 8 heteroatoms. The minimum Gasteiger partial charge on any atom is -0.493 e. The normalized spacial score (nSPS) is 14.2. The molecule has 0 bridgehead atoms. The van der Waals surface area contributed by atoms with E-state index in [0.717, 1.165) is 50.8 Å². The number of carbonyl (C=O) groups is 2. The van der Waals surface area contributed by atoms with Gasteiger partial charge in [0.15, 0.2) is 11.5 Å². The van der Waals surface area contributed by atoms with Crippen molar-refractivity contribution < 1.29 is 29.3 Å². The lowest BCUT2D eigenvalue weighted by atomic mass is 10.1. The van der Waals surface area contributed by atoms with Gasteiger partial charge in [-0.2, -0.15) is 0 Å². The van der Waals surface area contributed by atoms with Gasteiger partial charge in [0, 0.05) is 39.3 Å². The lowest BCUT2D eigenvalue weighted by Crippen LogP contribution is -2.45. The Morgan fingerprint density at radius 2 is 1.50 bits per heavy atom. The molecule has 0 atom stereocenters. The summed E-state index contributed by atoms with van der Waals surface area (Å²) in [5, 5.41) is 14.8. The van der Waals surface area contributed by atoms with E-state index in [0.29, 0.717) is 6.61 Å². The van der Waals surface area contributed by atoms with Crippen molar-refractivity contribution >= 4 is 11.9 Å². The molecule has 3 rings (SSSR count). The van der Waals surface area contributed by atoms with Gasteiger partial charge in [0.2, 0.25) is 0 Å². The van der Waals surface area contributed by atoms with E-state index in [1.165, 1.54) is 16.7 Å². The number of hydrogen-bond donors (Lipinski definition) is 2. The van der Waals surface area contributed by atoms with E-state index in [-0.39, 0.29) is 0 Å². The number of nitrogens with zero attached hydrogens (tertiary/aromatic N) is 2. The van der Waals surface area contributed by atoms with E-state index in [1.807, 2.05) is 13.0 Å². The smallest absolute Gasteiger partial charge is 0.414 e. The molecule has 32 heavy (non-hydrogen) atoms. The highest BCUT2D eigenvalue weighted by atomic mass is 16.5. The number of piperazine rings is 1. The van der Waals surface area contributed by atoms with Crippen LogP contribution >= 0.6 is 0 Å². The molecule has 0 aromatic heterocycles. The highest BCUT2D eigenvalue weighted by Gasteiger charge is 2.18. The molecular weight excluding hydrogens is 412 g/mol. The average Bonchev–Trinajstić information content (AvgIpc) is 2.77. The van der Waals surface area contributed by atoms with Gasteiger partial charge >= 0.3 is 11.9 Å². The van der Waals surface area contributed by atoms with E-state index >= 15 is 0 Å². The maximum absolute atomic E-state index is 9.10. The van der Waals surface area contributed by atoms with Crippen LogP contribution in [0.25, 0.3) is 0 Å². The highest BCUT2D eigenvalue weighted by Crippen LogP contribution is 2.28. The predicted molar refractivity (Wildman–Crippen MR) is 121 cm³/mol. The van der Waals surface area contributed by atoms with Gasteiger partial charge in [0.1, 0.15) is 0 Å². The molecule has 1 fully saturated rings. The lowest BCUT2D eigenvalue weighted by Gasteiger charge is -2.35. The molecule has 1 aliphatic heterocycles. The third kappa shape index (κ3) is 7.86. The van der Waals surface area contributed by atoms with Crippen LogP contribution in [0.4, 0.5) is 0 Å². The van der Waals surface area contributed by atoms with Gasteiger partial charge in [0.25, 0.3) is 0 Å². The Morgan fingerprint density at radius 1 is 0.906 bits per heavy atom. The summed E-state index contributed by atoms with van der Waals surface area (Å²) >= 11 is 0. The largest absolute Gasteiger partial charge is 0.493 e. The van der Waals surface area contributed by atoms with Crippen molar-refractivity contribution in [2.45, 2.75) is 26.9 Å². The maximum Gasteiger partial charge on any atom is 0.414 e. The summed E-state index contributed by atoms with van der Waals surface area (Å²) in [6, 6.07) is 15.0. The molecule has 2 aromatic rings. The first kappa shape index (κ1) is 25.2. The number of hydrogen-bond acceptors (Lipinski definition) is 6. The van der Waals surface area contributed by atoms with E-state index in [9.17, 15) is 0 Å². The number of carboxylic acids is 2. The Hall–Kier alpha value is -3.10. The zero-order valence-corrected chi connectivity index (χ0v) is 18.9. The van der Waals surface area contributed by atoms with Crippen LogP contribution in [0, 0.1) is 6.92 Å². The van der Waals surface area contributed by atoms with Crippen LogP contribution in [0.2, 0.25) is 0 Å². The number of rotatable bonds is 7. The first-order chi connectivity index (χ1) is 15.3. The number of aliphatic carboxylic acids is 2. The second kappa shape index (κ2) is 12.7. The van der Waals surface area contributed by atoms with Crippen molar-refractivity contribution in [1.82, 2.24) is 9.80 Å². The number of carboxylic acid groups (broad SMARTS) is 2. The molecule has 0 aliphatic carbocycles. The first-order valence-corrected chi connectivity index (χ1v) is 10.6. The van der Waals surface area contributed by atoms with Crippen molar-refractivity contribution in [3.63, 3.8) is 0 Å². The standard InChI is InChI=1S/C22H30N2O2.C2H2O4/c1-4-26-22-15-19(9-10-21(22)25-3)16-23-11-13-24(14-12-23)17-20-8-6-5-7-18(20)2;3-1(4)2(5)6/h5-10,15H,4,11-14,16-17H2,1-3H3;(H,3,4)(H,5,6). The van der Waals surface area contributed by atoms with Crippen molar-refractivity contribution in [2.24, 2.45) is 0 Å². The lowest BCUT2D eigenvalue weighted by molar-refractivity contribution is -0.159. The zero-order valence-electron chi connectivity index (χ0n) is 18.9. The fraction of sp³-hybridized carbons (Fsp3) is 0.417. The molecule has 1 aliphatic rings. The van der Waals surface area contributed by atoms with Crippen LogP contribution in [0.3, 0.4) is 0 Å². The van der Waals surface area contributed by atoms with Crippen LogP contribution in [-0.4, -0.2) is 71.8 Å². The highest BCUT2D eigenvalue weighted by molar-refractivity contribution is 6.27. The minimum atomic E-state index is -1.82. The predicted octanol–water partition coefficient (Wildman–Crippen LogP) is 2.88. The molecule has 1 saturated heterocycles. The number of aryl methyl sites for hydroxylation is 1. The third-order valence-electron chi connectivity index (χ3n) is 5.24. The molecule has 174 valence electrons. The third-order valence-corrected chi connectivity index (χ3v) is 5.24. The molecule has 2 aromatic carbocycles. The SMILES string of the molecule is CCOc1cc(CN2CCN(Cc3ccccc3C)CC2)ccc1OC.O=C(O)C(=O)O. The number of methoxy groups -OCH3 is 1. The molecule has 8 nitrogen and oxygen atoms in total. The van der Waals surface area contributed by atoms with Gasteiger partial charge in [-0.05, 0) is 42.7 Å². The molecule has 0 radical (unpaired) electrons. The van der Waals surface area contributed by atoms with Crippen LogP contribution in [0.15, 0.2) is 42.5 Å². The van der Waals surface area contributed by atoms with Crippen molar-refractivity contribution in [3.8, 4) is 11.5 Å². The summed E-state index contributed by atoms with van der Waals surface area (Å²) < 4.78 is 11.1. The first-order valence-electron chi connectivity index (χ1n) is 10.6. The Morgan fingerprint density at radius 3 is 2.03 bits per heavy atom. The zero-order chi connectivity index (χ0) is 23.5. The van der Waals surface area contributed by atoms with E-state index in [4.69, 9.17) is 29.3 Å². The average molecular weight is 445 g/mol. The molecule has 0 spiro atoms. The Labute approximate surface area is 189 Å². The summed E-state index contributed by atoms with van der Waals surface area (Å²) in [6.07, 6.45) is 0.